The Hall–Kier alpha value is -1.39. The van der Waals surface area contributed by atoms with Gasteiger partial charge in [-0.15, -0.1) is 0 Å². The second-order valence-electron chi connectivity index (χ2n) is 3.43. The molecule has 0 saturated carbocycles. The lowest BCUT2D eigenvalue weighted by Gasteiger charge is -2.06. The molecule has 1 rings (SSSR count). The summed E-state index contributed by atoms with van der Waals surface area (Å²) in [5.74, 6) is -0.00650. The SMILES string of the molecule is COCCNC(=O)CNCc1ccccc1. The number of nitrogens with one attached hydrogen (secondary N) is 2. The van der Waals surface area contributed by atoms with Crippen LogP contribution in [0.15, 0.2) is 30.3 Å². The average Bonchev–Trinajstić information content (AvgIpc) is 2.31. The van der Waals surface area contributed by atoms with E-state index in [1.54, 1.807) is 7.11 Å². The first-order valence-electron chi connectivity index (χ1n) is 5.33. The molecule has 0 bridgehead atoms. The van der Waals surface area contributed by atoms with Gasteiger partial charge in [-0.2, -0.15) is 0 Å². The van der Waals surface area contributed by atoms with E-state index in [1.165, 1.54) is 5.56 Å². The monoisotopic (exact) mass is 222 g/mol. The van der Waals surface area contributed by atoms with Gasteiger partial charge < -0.3 is 15.4 Å². The number of ether oxygens (including phenoxy) is 1. The van der Waals surface area contributed by atoms with Gasteiger partial charge in [0.25, 0.3) is 0 Å². The second kappa shape index (κ2) is 7.84. The number of carbonyl (C=O) groups excluding carboxylic acids is 1. The Bertz CT molecular complexity index is 301. The Morgan fingerprint density at radius 2 is 2.06 bits per heavy atom. The maximum atomic E-state index is 11.3. The summed E-state index contributed by atoms with van der Waals surface area (Å²) in [5, 5.41) is 5.82. The zero-order valence-corrected chi connectivity index (χ0v) is 9.53. The van der Waals surface area contributed by atoms with E-state index >= 15 is 0 Å². The first-order chi connectivity index (χ1) is 7.83. The van der Waals surface area contributed by atoms with Gasteiger partial charge >= 0.3 is 0 Å². The van der Waals surface area contributed by atoms with Gasteiger partial charge in [0.1, 0.15) is 0 Å². The number of methoxy groups -OCH3 is 1. The van der Waals surface area contributed by atoms with Gasteiger partial charge in [-0.3, -0.25) is 4.79 Å². The van der Waals surface area contributed by atoms with Crippen molar-refractivity contribution in [1.29, 1.82) is 0 Å². The van der Waals surface area contributed by atoms with Gasteiger partial charge in [0.05, 0.1) is 13.2 Å². The third-order valence-electron chi connectivity index (χ3n) is 2.09. The molecule has 0 radical (unpaired) electrons. The van der Waals surface area contributed by atoms with Crippen LogP contribution in [0.5, 0.6) is 0 Å². The Labute approximate surface area is 96.0 Å². The van der Waals surface area contributed by atoms with Crippen molar-refractivity contribution in [2.75, 3.05) is 26.8 Å². The van der Waals surface area contributed by atoms with Crippen molar-refractivity contribution in [3.05, 3.63) is 35.9 Å². The molecule has 0 saturated heterocycles. The smallest absolute Gasteiger partial charge is 0.234 e. The van der Waals surface area contributed by atoms with Gasteiger partial charge in [0, 0.05) is 20.2 Å². The quantitative estimate of drug-likeness (QED) is 0.662. The van der Waals surface area contributed by atoms with Crippen molar-refractivity contribution in [2.24, 2.45) is 0 Å². The molecule has 88 valence electrons. The molecule has 0 atom stereocenters. The molecule has 0 fully saturated rings. The lowest BCUT2D eigenvalue weighted by Crippen LogP contribution is -2.35. The highest BCUT2D eigenvalue weighted by Gasteiger charge is 1.99. The molecule has 1 amide bonds. The number of rotatable bonds is 7. The van der Waals surface area contributed by atoms with Gasteiger partial charge in [-0.05, 0) is 5.56 Å². The highest BCUT2D eigenvalue weighted by molar-refractivity contribution is 5.77. The normalized spacial score (nSPS) is 10.1. The third-order valence-corrected chi connectivity index (χ3v) is 2.09. The van der Waals surface area contributed by atoms with E-state index in [4.69, 9.17) is 4.74 Å². The van der Waals surface area contributed by atoms with E-state index in [-0.39, 0.29) is 5.91 Å². The van der Waals surface area contributed by atoms with Crippen molar-refractivity contribution in [3.63, 3.8) is 0 Å². The van der Waals surface area contributed by atoms with Crippen LogP contribution in [0.1, 0.15) is 5.56 Å². The number of hydrogen-bond acceptors (Lipinski definition) is 3. The lowest BCUT2D eigenvalue weighted by atomic mass is 10.2. The van der Waals surface area contributed by atoms with Crippen molar-refractivity contribution in [1.82, 2.24) is 10.6 Å². The lowest BCUT2D eigenvalue weighted by molar-refractivity contribution is -0.120. The highest BCUT2D eigenvalue weighted by atomic mass is 16.5. The molecule has 4 heteroatoms. The van der Waals surface area contributed by atoms with E-state index in [1.807, 2.05) is 30.3 Å². The maximum absolute atomic E-state index is 11.3. The first-order valence-corrected chi connectivity index (χ1v) is 5.33. The standard InChI is InChI=1S/C12H18N2O2/c1-16-8-7-14-12(15)10-13-9-11-5-3-2-4-6-11/h2-6,13H,7-10H2,1H3,(H,14,15). The Kier molecular flexibility index (Phi) is 6.22. The van der Waals surface area contributed by atoms with Crippen molar-refractivity contribution in [3.8, 4) is 0 Å². The van der Waals surface area contributed by atoms with Gasteiger partial charge in [-0.1, -0.05) is 30.3 Å². The number of amides is 1. The maximum Gasteiger partial charge on any atom is 0.234 e. The first kappa shape index (κ1) is 12.7. The molecule has 0 aliphatic heterocycles. The van der Waals surface area contributed by atoms with Crippen LogP contribution in [0.4, 0.5) is 0 Å². The molecule has 0 heterocycles. The molecule has 0 aliphatic rings. The molecule has 4 nitrogen and oxygen atoms in total. The van der Waals surface area contributed by atoms with Crippen LogP contribution in [-0.4, -0.2) is 32.7 Å². The number of carbonyl (C=O) groups is 1. The fourth-order valence-electron chi connectivity index (χ4n) is 1.27. The van der Waals surface area contributed by atoms with Crippen molar-refractivity contribution < 1.29 is 9.53 Å². The molecule has 0 unspecified atom stereocenters. The largest absolute Gasteiger partial charge is 0.383 e. The molecule has 0 spiro atoms. The summed E-state index contributed by atoms with van der Waals surface area (Å²) in [6.45, 7) is 2.14. The molecular formula is C12H18N2O2. The fraction of sp³-hybridized carbons (Fsp3) is 0.417. The minimum Gasteiger partial charge on any atom is -0.383 e. The Morgan fingerprint density at radius 1 is 1.31 bits per heavy atom. The minimum atomic E-state index is -0.00650. The molecular weight excluding hydrogens is 204 g/mol. The van der Waals surface area contributed by atoms with Gasteiger partial charge in [0.15, 0.2) is 0 Å². The summed E-state index contributed by atoms with van der Waals surface area (Å²) in [6.07, 6.45) is 0. The fourth-order valence-corrected chi connectivity index (χ4v) is 1.27. The van der Waals surface area contributed by atoms with E-state index in [0.717, 1.165) is 0 Å². The average molecular weight is 222 g/mol. The second-order valence-corrected chi connectivity index (χ2v) is 3.43. The number of hydrogen-bond donors (Lipinski definition) is 2. The topological polar surface area (TPSA) is 50.4 Å². The third kappa shape index (κ3) is 5.48. The highest BCUT2D eigenvalue weighted by Crippen LogP contribution is 1.96. The molecule has 0 aromatic heterocycles. The van der Waals surface area contributed by atoms with Crippen LogP contribution in [0, 0.1) is 0 Å². The zero-order chi connectivity index (χ0) is 11.6. The van der Waals surface area contributed by atoms with Crippen LogP contribution >= 0.6 is 0 Å². The molecule has 2 N–H and O–H groups in total. The number of benzene rings is 1. The summed E-state index contributed by atoms with van der Waals surface area (Å²) in [4.78, 5) is 11.3. The van der Waals surface area contributed by atoms with Crippen LogP contribution < -0.4 is 10.6 Å². The van der Waals surface area contributed by atoms with E-state index < -0.39 is 0 Å². The summed E-state index contributed by atoms with van der Waals surface area (Å²) >= 11 is 0. The summed E-state index contributed by atoms with van der Waals surface area (Å²) in [6, 6.07) is 9.98. The summed E-state index contributed by atoms with van der Waals surface area (Å²) in [7, 11) is 1.61. The van der Waals surface area contributed by atoms with E-state index in [0.29, 0.717) is 26.2 Å². The van der Waals surface area contributed by atoms with E-state index in [9.17, 15) is 4.79 Å². The molecule has 1 aromatic carbocycles. The molecule has 1 aromatic rings. The Balaban J connectivity index is 2.09. The van der Waals surface area contributed by atoms with Gasteiger partial charge in [-0.25, -0.2) is 0 Å². The van der Waals surface area contributed by atoms with E-state index in [2.05, 4.69) is 10.6 Å². The van der Waals surface area contributed by atoms with Crippen molar-refractivity contribution >= 4 is 5.91 Å². The van der Waals surface area contributed by atoms with Crippen LogP contribution in [-0.2, 0) is 16.1 Å². The zero-order valence-electron chi connectivity index (χ0n) is 9.53. The van der Waals surface area contributed by atoms with Crippen LogP contribution in [0.2, 0.25) is 0 Å². The predicted molar refractivity (Wildman–Crippen MR) is 63.0 cm³/mol. The molecule has 16 heavy (non-hydrogen) atoms. The van der Waals surface area contributed by atoms with Crippen LogP contribution in [0.25, 0.3) is 0 Å². The minimum absolute atomic E-state index is 0.00650. The molecule has 0 aliphatic carbocycles. The Morgan fingerprint density at radius 3 is 2.75 bits per heavy atom. The predicted octanol–water partition coefficient (Wildman–Crippen LogP) is 0.539. The summed E-state index contributed by atoms with van der Waals surface area (Å²) < 4.78 is 4.83. The van der Waals surface area contributed by atoms with Gasteiger partial charge in [0.2, 0.25) is 5.91 Å². The summed E-state index contributed by atoms with van der Waals surface area (Å²) in [5.41, 5.74) is 1.17. The van der Waals surface area contributed by atoms with Crippen molar-refractivity contribution in [2.45, 2.75) is 6.54 Å². The van der Waals surface area contributed by atoms with Crippen LogP contribution in [0.3, 0.4) is 0 Å².